The van der Waals surface area contributed by atoms with Crippen LogP contribution in [0, 0.1) is 6.92 Å². The molecule has 3 rings (SSSR count). The topological polar surface area (TPSA) is 29.1 Å². The third-order valence-electron chi connectivity index (χ3n) is 3.80. The van der Waals surface area contributed by atoms with Gasteiger partial charge in [0.15, 0.2) is 0 Å². The van der Waals surface area contributed by atoms with Crippen LogP contribution < -0.4 is 5.32 Å². The standard InChI is InChI=1S/C17H16BrNO/c1-11-6-8-15(18)14(10-11)17(20)19-16-9-7-12-4-2-3-5-13(12)16/h2-6,8,10,16H,7,9H2,1H3,(H,19,20)/t16-/m1/s1. The van der Waals surface area contributed by atoms with E-state index in [1.54, 1.807) is 0 Å². The number of hydrogen-bond acceptors (Lipinski definition) is 1. The Morgan fingerprint density at radius 2 is 2.05 bits per heavy atom. The number of halogens is 1. The Kier molecular flexibility index (Phi) is 3.62. The molecule has 1 aliphatic rings. The Hall–Kier alpha value is -1.61. The number of nitrogens with one attached hydrogen (secondary N) is 1. The molecule has 0 aliphatic heterocycles. The zero-order valence-electron chi connectivity index (χ0n) is 11.3. The summed E-state index contributed by atoms with van der Waals surface area (Å²) >= 11 is 3.45. The molecule has 0 fully saturated rings. The van der Waals surface area contributed by atoms with E-state index in [2.05, 4.69) is 39.4 Å². The maximum Gasteiger partial charge on any atom is 0.252 e. The highest BCUT2D eigenvalue weighted by Gasteiger charge is 2.24. The maximum absolute atomic E-state index is 12.4. The van der Waals surface area contributed by atoms with Gasteiger partial charge >= 0.3 is 0 Å². The van der Waals surface area contributed by atoms with E-state index in [1.807, 2.05) is 31.2 Å². The molecule has 2 aromatic carbocycles. The minimum atomic E-state index is -0.0118. The number of carbonyl (C=O) groups is 1. The number of rotatable bonds is 2. The highest BCUT2D eigenvalue weighted by Crippen LogP contribution is 2.31. The van der Waals surface area contributed by atoms with Crippen LogP contribution >= 0.6 is 15.9 Å². The summed E-state index contributed by atoms with van der Waals surface area (Å²) in [6.45, 7) is 1.99. The van der Waals surface area contributed by atoms with Gasteiger partial charge in [-0.05, 0) is 59.0 Å². The van der Waals surface area contributed by atoms with Gasteiger partial charge in [-0.2, -0.15) is 0 Å². The molecule has 1 atom stereocenters. The lowest BCUT2D eigenvalue weighted by atomic mass is 10.1. The third-order valence-corrected chi connectivity index (χ3v) is 4.50. The molecular formula is C17H16BrNO. The van der Waals surface area contributed by atoms with Gasteiger partial charge in [-0.25, -0.2) is 0 Å². The molecule has 3 heteroatoms. The van der Waals surface area contributed by atoms with Crippen LogP contribution in [0.25, 0.3) is 0 Å². The lowest BCUT2D eigenvalue weighted by Crippen LogP contribution is -2.27. The van der Waals surface area contributed by atoms with Crippen LogP contribution in [-0.4, -0.2) is 5.91 Å². The molecule has 0 aromatic heterocycles. The summed E-state index contributed by atoms with van der Waals surface area (Å²) in [6.07, 6.45) is 2.02. The number of fused-ring (bicyclic) bond motifs is 1. The van der Waals surface area contributed by atoms with Gasteiger partial charge in [0, 0.05) is 4.47 Å². The van der Waals surface area contributed by atoms with Gasteiger partial charge in [0.05, 0.1) is 11.6 Å². The first-order chi connectivity index (χ1) is 9.65. The summed E-state index contributed by atoms with van der Waals surface area (Å²) in [5.41, 5.74) is 4.39. The molecule has 2 nitrogen and oxygen atoms in total. The molecule has 0 saturated carbocycles. The zero-order valence-corrected chi connectivity index (χ0v) is 12.9. The van der Waals surface area contributed by atoms with Gasteiger partial charge in [-0.15, -0.1) is 0 Å². The largest absolute Gasteiger partial charge is 0.345 e. The molecule has 0 unspecified atom stereocenters. The molecule has 102 valence electrons. The molecule has 0 spiro atoms. The second-order valence-electron chi connectivity index (χ2n) is 5.25. The summed E-state index contributed by atoms with van der Waals surface area (Å²) in [5.74, 6) is -0.0118. The highest BCUT2D eigenvalue weighted by atomic mass is 79.9. The Bertz CT molecular complexity index is 666. The molecule has 0 radical (unpaired) electrons. The van der Waals surface area contributed by atoms with E-state index in [-0.39, 0.29) is 11.9 Å². The predicted octanol–water partition coefficient (Wildman–Crippen LogP) is 4.17. The second kappa shape index (κ2) is 5.41. The first kappa shape index (κ1) is 13.4. The first-order valence-electron chi connectivity index (χ1n) is 6.80. The molecule has 1 N–H and O–H groups in total. The van der Waals surface area contributed by atoms with Crippen LogP contribution in [-0.2, 0) is 6.42 Å². The van der Waals surface area contributed by atoms with Crippen LogP contribution in [0.2, 0.25) is 0 Å². The summed E-state index contributed by atoms with van der Waals surface area (Å²) in [5, 5.41) is 3.15. The Labute approximate surface area is 127 Å². The fourth-order valence-electron chi connectivity index (χ4n) is 2.76. The van der Waals surface area contributed by atoms with Gasteiger partial charge in [-0.1, -0.05) is 35.9 Å². The maximum atomic E-state index is 12.4. The smallest absolute Gasteiger partial charge is 0.252 e. The minimum Gasteiger partial charge on any atom is -0.345 e. The number of aryl methyl sites for hydroxylation is 2. The van der Waals surface area contributed by atoms with Crippen LogP contribution in [0.4, 0.5) is 0 Å². The van der Waals surface area contributed by atoms with E-state index in [0.717, 1.165) is 22.9 Å². The fraction of sp³-hybridized carbons (Fsp3) is 0.235. The lowest BCUT2D eigenvalue weighted by molar-refractivity contribution is 0.0936. The average molecular weight is 330 g/mol. The van der Waals surface area contributed by atoms with Crippen molar-refractivity contribution in [3.8, 4) is 0 Å². The van der Waals surface area contributed by atoms with E-state index in [9.17, 15) is 4.79 Å². The summed E-state index contributed by atoms with van der Waals surface area (Å²) in [7, 11) is 0. The quantitative estimate of drug-likeness (QED) is 0.880. The van der Waals surface area contributed by atoms with Crippen LogP contribution in [0.15, 0.2) is 46.9 Å². The molecular weight excluding hydrogens is 314 g/mol. The van der Waals surface area contributed by atoms with Crippen LogP contribution in [0.1, 0.15) is 39.5 Å². The number of benzene rings is 2. The first-order valence-corrected chi connectivity index (χ1v) is 7.59. The molecule has 2 aromatic rings. The van der Waals surface area contributed by atoms with Crippen molar-refractivity contribution in [1.29, 1.82) is 0 Å². The Morgan fingerprint density at radius 1 is 1.25 bits per heavy atom. The van der Waals surface area contributed by atoms with Gasteiger partial charge in [0.2, 0.25) is 0 Å². The molecule has 20 heavy (non-hydrogen) atoms. The van der Waals surface area contributed by atoms with Crippen molar-refractivity contribution >= 4 is 21.8 Å². The van der Waals surface area contributed by atoms with Gasteiger partial charge < -0.3 is 5.32 Å². The molecule has 0 bridgehead atoms. The summed E-state index contributed by atoms with van der Waals surface area (Å²) in [4.78, 5) is 12.4. The third kappa shape index (κ3) is 2.50. The SMILES string of the molecule is Cc1ccc(Br)c(C(=O)N[C@@H]2CCc3ccccc32)c1. The van der Waals surface area contributed by atoms with Crippen LogP contribution in [0.5, 0.6) is 0 Å². The van der Waals surface area contributed by atoms with Crippen molar-refractivity contribution in [1.82, 2.24) is 5.32 Å². The second-order valence-corrected chi connectivity index (χ2v) is 6.10. The zero-order chi connectivity index (χ0) is 14.1. The molecule has 1 amide bonds. The highest BCUT2D eigenvalue weighted by molar-refractivity contribution is 9.10. The van der Waals surface area contributed by atoms with E-state index in [1.165, 1.54) is 11.1 Å². The van der Waals surface area contributed by atoms with E-state index in [4.69, 9.17) is 0 Å². The normalized spacial score (nSPS) is 16.8. The van der Waals surface area contributed by atoms with E-state index < -0.39 is 0 Å². The number of amides is 1. The van der Waals surface area contributed by atoms with Crippen molar-refractivity contribution in [3.63, 3.8) is 0 Å². The van der Waals surface area contributed by atoms with Crippen molar-refractivity contribution in [2.24, 2.45) is 0 Å². The number of carbonyl (C=O) groups excluding carboxylic acids is 1. The van der Waals surface area contributed by atoms with Crippen molar-refractivity contribution < 1.29 is 4.79 Å². The van der Waals surface area contributed by atoms with Gasteiger partial charge in [-0.3, -0.25) is 4.79 Å². The van der Waals surface area contributed by atoms with Gasteiger partial charge in [0.25, 0.3) is 5.91 Å². The van der Waals surface area contributed by atoms with Crippen molar-refractivity contribution in [3.05, 3.63) is 69.2 Å². The number of hydrogen-bond donors (Lipinski definition) is 1. The van der Waals surface area contributed by atoms with Crippen molar-refractivity contribution in [2.45, 2.75) is 25.8 Å². The summed E-state index contributed by atoms with van der Waals surface area (Å²) < 4.78 is 0.840. The van der Waals surface area contributed by atoms with Crippen molar-refractivity contribution in [2.75, 3.05) is 0 Å². The molecule has 0 saturated heterocycles. The Morgan fingerprint density at radius 3 is 2.90 bits per heavy atom. The molecule has 0 heterocycles. The monoisotopic (exact) mass is 329 g/mol. The summed E-state index contributed by atoms with van der Waals surface area (Å²) in [6, 6.07) is 14.3. The van der Waals surface area contributed by atoms with Gasteiger partial charge in [0.1, 0.15) is 0 Å². The lowest BCUT2D eigenvalue weighted by Gasteiger charge is -2.15. The Balaban J connectivity index is 1.82. The molecule has 1 aliphatic carbocycles. The van der Waals surface area contributed by atoms with Crippen LogP contribution in [0.3, 0.4) is 0 Å². The van der Waals surface area contributed by atoms with E-state index in [0.29, 0.717) is 5.56 Å². The average Bonchev–Trinajstić information content (AvgIpc) is 2.85. The van der Waals surface area contributed by atoms with E-state index >= 15 is 0 Å². The fourth-order valence-corrected chi connectivity index (χ4v) is 3.18. The minimum absolute atomic E-state index is 0.0118. The predicted molar refractivity (Wildman–Crippen MR) is 83.8 cm³/mol.